The first kappa shape index (κ1) is 30.4. The van der Waals surface area contributed by atoms with E-state index in [1.165, 1.54) is 0 Å². The van der Waals surface area contributed by atoms with Crippen LogP contribution in [0.1, 0.15) is 83.6 Å². The second-order valence-electron chi connectivity index (χ2n) is 8.86. The summed E-state index contributed by atoms with van der Waals surface area (Å²) >= 11 is 3.33. The highest BCUT2D eigenvalue weighted by molar-refractivity contribution is 9.09. The molecule has 0 bridgehead atoms. The Morgan fingerprint density at radius 1 is 0.861 bits per heavy atom. The fraction of sp³-hybridized carbons (Fsp3) is 0.586. The first-order valence-corrected chi connectivity index (χ1v) is 14.3. The molecular formula is C29H41BrO6. The average molecular weight is 566 g/mol. The van der Waals surface area contributed by atoms with Gasteiger partial charge in [0.25, 0.3) is 5.97 Å². The Morgan fingerprint density at radius 2 is 1.42 bits per heavy atom. The standard InChI is InChI=1S/C29H41BrO6/c1-4-7-17-33-29(34-18-8-5-2,35-19-9-6-3)27(22-31)25-13-12-24-21-26(15-14-23(24)20-25)36-28(32)11-10-16-30/h12-15,20-22,27H,4-11,16-19H2,1-3H3. The molecule has 0 aliphatic heterocycles. The van der Waals surface area contributed by atoms with E-state index in [2.05, 4.69) is 36.7 Å². The molecule has 36 heavy (non-hydrogen) atoms. The van der Waals surface area contributed by atoms with Crippen LogP contribution < -0.4 is 4.74 Å². The molecule has 1 atom stereocenters. The lowest BCUT2D eigenvalue weighted by Crippen LogP contribution is -2.46. The Hall–Kier alpha value is -1.80. The molecule has 0 fully saturated rings. The Bertz CT molecular complexity index is 905. The van der Waals surface area contributed by atoms with Crippen LogP contribution in [0.3, 0.4) is 0 Å². The monoisotopic (exact) mass is 564 g/mol. The number of aldehydes is 1. The predicted octanol–water partition coefficient (Wildman–Crippen LogP) is 7.31. The van der Waals surface area contributed by atoms with Crippen molar-refractivity contribution in [2.24, 2.45) is 0 Å². The zero-order valence-corrected chi connectivity index (χ0v) is 23.5. The summed E-state index contributed by atoms with van der Waals surface area (Å²) in [5, 5.41) is 2.59. The summed E-state index contributed by atoms with van der Waals surface area (Å²) < 4.78 is 24.2. The molecule has 0 aromatic heterocycles. The van der Waals surface area contributed by atoms with Gasteiger partial charge in [0, 0.05) is 11.8 Å². The van der Waals surface area contributed by atoms with Gasteiger partial charge in [-0.25, -0.2) is 0 Å². The summed E-state index contributed by atoms with van der Waals surface area (Å²) in [5.41, 5.74) is 0.754. The smallest absolute Gasteiger partial charge is 0.311 e. The molecule has 1 unspecified atom stereocenters. The van der Waals surface area contributed by atoms with Crippen molar-refractivity contribution in [2.45, 2.75) is 84.0 Å². The molecular weight excluding hydrogens is 524 g/mol. The second kappa shape index (κ2) is 16.8. The van der Waals surface area contributed by atoms with E-state index in [0.717, 1.165) is 72.9 Å². The number of carbonyl (C=O) groups is 2. The molecule has 7 heteroatoms. The van der Waals surface area contributed by atoms with Gasteiger partial charge in [0.2, 0.25) is 0 Å². The molecule has 2 aromatic rings. The summed E-state index contributed by atoms with van der Waals surface area (Å²) in [4.78, 5) is 24.5. The summed E-state index contributed by atoms with van der Waals surface area (Å²) in [6, 6.07) is 11.3. The van der Waals surface area contributed by atoms with Gasteiger partial charge in [0.15, 0.2) is 0 Å². The van der Waals surface area contributed by atoms with Gasteiger partial charge in [0.1, 0.15) is 18.0 Å². The van der Waals surface area contributed by atoms with Gasteiger partial charge in [0.05, 0.1) is 19.8 Å². The molecule has 0 saturated heterocycles. The van der Waals surface area contributed by atoms with Crippen LogP contribution in [0.25, 0.3) is 10.8 Å². The summed E-state index contributed by atoms with van der Waals surface area (Å²) in [7, 11) is 0. The lowest BCUT2D eigenvalue weighted by Gasteiger charge is -2.37. The van der Waals surface area contributed by atoms with Crippen LogP contribution in [-0.2, 0) is 23.8 Å². The molecule has 0 aliphatic rings. The Balaban J connectivity index is 2.37. The lowest BCUT2D eigenvalue weighted by molar-refractivity contribution is -0.386. The number of esters is 1. The lowest BCUT2D eigenvalue weighted by atomic mass is 9.94. The van der Waals surface area contributed by atoms with E-state index in [1.807, 2.05) is 30.3 Å². The molecule has 200 valence electrons. The van der Waals surface area contributed by atoms with Crippen LogP contribution in [0.4, 0.5) is 0 Å². The molecule has 0 N–H and O–H groups in total. The van der Waals surface area contributed by atoms with Gasteiger partial charge in [-0.15, -0.1) is 0 Å². The summed E-state index contributed by atoms with van der Waals surface area (Å²) in [6.07, 6.45) is 7.37. The van der Waals surface area contributed by atoms with Crippen molar-refractivity contribution in [2.75, 3.05) is 25.2 Å². The molecule has 2 aromatic carbocycles. The Kier molecular flexibility index (Phi) is 14.2. The van der Waals surface area contributed by atoms with E-state index >= 15 is 0 Å². The molecule has 0 amide bonds. The third-order valence-corrected chi connectivity index (χ3v) is 6.42. The minimum atomic E-state index is -1.47. The third kappa shape index (κ3) is 9.25. The van der Waals surface area contributed by atoms with E-state index < -0.39 is 11.9 Å². The molecule has 6 nitrogen and oxygen atoms in total. The van der Waals surface area contributed by atoms with E-state index in [9.17, 15) is 9.59 Å². The van der Waals surface area contributed by atoms with E-state index in [0.29, 0.717) is 32.0 Å². The van der Waals surface area contributed by atoms with Crippen LogP contribution in [0.5, 0.6) is 5.75 Å². The van der Waals surface area contributed by atoms with Gasteiger partial charge in [-0.1, -0.05) is 80.2 Å². The van der Waals surface area contributed by atoms with Gasteiger partial charge >= 0.3 is 5.97 Å². The maximum atomic E-state index is 12.5. The molecule has 0 aliphatic carbocycles. The van der Waals surface area contributed by atoms with Crippen molar-refractivity contribution in [3.63, 3.8) is 0 Å². The second-order valence-corrected chi connectivity index (χ2v) is 9.65. The number of halogens is 1. The van der Waals surface area contributed by atoms with Crippen LogP contribution in [0.15, 0.2) is 36.4 Å². The van der Waals surface area contributed by atoms with Crippen molar-refractivity contribution in [1.82, 2.24) is 0 Å². The topological polar surface area (TPSA) is 71.1 Å². The Labute approximate surface area is 224 Å². The number of unbranched alkanes of at least 4 members (excludes halogenated alkanes) is 3. The number of hydrogen-bond donors (Lipinski definition) is 0. The molecule has 0 saturated carbocycles. The quantitative estimate of drug-likeness (QED) is 0.0444. The van der Waals surface area contributed by atoms with E-state index in [4.69, 9.17) is 18.9 Å². The average Bonchev–Trinajstić information content (AvgIpc) is 2.88. The largest absolute Gasteiger partial charge is 0.427 e. The van der Waals surface area contributed by atoms with Crippen LogP contribution >= 0.6 is 15.9 Å². The number of rotatable bonds is 19. The predicted molar refractivity (Wildman–Crippen MR) is 147 cm³/mol. The van der Waals surface area contributed by atoms with Gasteiger partial charge in [-0.2, -0.15) is 0 Å². The third-order valence-electron chi connectivity index (χ3n) is 5.86. The highest BCUT2D eigenvalue weighted by atomic mass is 79.9. The van der Waals surface area contributed by atoms with Crippen molar-refractivity contribution in [3.05, 3.63) is 42.0 Å². The maximum Gasteiger partial charge on any atom is 0.311 e. The SMILES string of the molecule is CCCCOC(OCCCC)(OCCCC)C(C=O)c1ccc2cc(OC(=O)CCCBr)ccc2c1. The van der Waals surface area contributed by atoms with Gasteiger partial charge in [-0.05, 0) is 54.2 Å². The molecule has 0 spiro atoms. The van der Waals surface area contributed by atoms with Crippen LogP contribution in [0.2, 0.25) is 0 Å². The van der Waals surface area contributed by atoms with Crippen molar-refractivity contribution in [3.8, 4) is 5.75 Å². The normalized spacial score (nSPS) is 12.6. The number of benzene rings is 2. The fourth-order valence-corrected chi connectivity index (χ4v) is 4.01. The van der Waals surface area contributed by atoms with Crippen molar-refractivity contribution in [1.29, 1.82) is 0 Å². The first-order valence-electron chi connectivity index (χ1n) is 13.2. The van der Waals surface area contributed by atoms with Crippen LogP contribution in [-0.4, -0.2) is 43.4 Å². The van der Waals surface area contributed by atoms with Crippen molar-refractivity contribution < 1.29 is 28.5 Å². The van der Waals surface area contributed by atoms with Gasteiger partial charge in [-0.3, -0.25) is 4.79 Å². The minimum Gasteiger partial charge on any atom is -0.427 e. The molecule has 0 heterocycles. The molecule has 2 rings (SSSR count). The Morgan fingerprint density at radius 3 is 1.94 bits per heavy atom. The fourth-order valence-electron chi connectivity index (χ4n) is 3.73. The highest BCUT2D eigenvalue weighted by Gasteiger charge is 2.44. The van der Waals surface area contributed by atoms with Crippen LogP contribution in [0, 0.1) is 0 Å². The molecule has 0 radical (unpaired) electrons. The number of hydrogen-bond acceptors (Lipinski definition) is 6. The maximum absolute atomic E-state index is 12.5. The number of alkyl halides is 1. The summed E-state index contributed by atoms with van der Waals surface area (Å²) in [6.45, 7) is 7.60. The zero-order chi connectivity index (χ0) is 26.2. The van der Waals surface area contributed by atoms with Gasteiger partial charge < -0.3 is 23.7 Å². The summed E-state index contributed by atoms with van der Waals surface area (Å²) in [5.74, 6) is -1.98. The number of ether oxygens (including phenoxy) is 4. The minimum absolute atomic E-state index is 0.256. The van der Waals surface area contributed by atoms with E-state index in [-0.39, 0.29) is 5.97 Å². The number of carbonyl (C=O) groups excluding carboxylic acids is 2. The number of fused-ring (bicyclic) bond motifs is 1. The highest BCUT2D eigenvalue weighted by Crippen LogP contribution is 2.36. The zero-order valence-electron chi connectivity index (χ0n) is 21.9. The van der Waals surface area contributed by atoms with Crippen molar-refractivity contribution >= 4 is 39.0 Å². The van der Waals surface area contributed by atoms with E-state index in [1.54, 1.807) is 6.07 Å². The first-order chi connectivity index (χ1) is 17.5.